The van der Waals surface area contributed by atoms with E-state index in [1.807, 2.05) is 30.3 Å². The maximum atomic E-state index is 14.0. The third-order valence-corrected chi connectivity index (χ3v) is 5.90. The van der Waals surface area contributed by atoms with Crippen molar-refractivity contribution < 1.29 is 24.3 Å². The molecule has 9 heteroatoms. The van der Waals surface area contributed by atoms with Gasteiger partial charge in [0.05, 0.1) is 17.7 Å². The second-order valence-corrected chi connectivity index (χ2v) is 9.27. The van der Waals surface area contributed by atoms with E-state index in [-0.39, 0.29) is 25.0 Å². The first-order valence-electron chi connectivity index (χ1n) is 11.5. The summed E-state index contributed by atoms with van der Waals surface area (Å²) in [6.07, 6.45) is 2.52. The molecule has 0 fully saturated rings. The van der Waals surface area contributed by atoms with E-state index in [0.717, 1.165) is 10.9 Å². The van der Waals surface area contributed by atoms with Crippen molar-refractivity contribution in [2.45, 2.75) is 57.3 Å². The first kappa shape index (κ1) is 26.2. The number of hydrogen-bond acceptors (Lipinski definition) is 6. The number of aliphatic hydroxyl groups excluding tert-OH is 1. The smallest absolute Gasteiger partial charge is 0.270 e. The highest BCUT2D eigenvalue weighted by molar-refractivity contribution is 5.95. The summed E-state index contributed by atoms with van der Waals surface area (Å²) in [5, 5.41) is 23.9. The molecule has 0 bridgehead atoms. The second-order valence-electron chi connectivity index (χ2n) is 9.27. The summed E-state index contributed by atoms with van der Waals surface area (Å²) in [4.78, 5) is 33.7. The molecule has 0 radical (unpaired) electrons. The van der Waals surface area contributed by atoms with Gasteiger partial charge in [0, 0.05) is 23.7 Å². The highest BCUT2D eigenvalue weighted by Crippen LogP contribution is 2.24. The third-order valence-electron chi connectivity index (χ3n) is 5.90. The Morgan fingerprint density at radius 3 is 2.54 bits per heavy atom. The predicted molar refractivity (Wildman–Crippen MR) is 129 cm³/mol. The van der Waals surface area contributed by atoms with Crippen molar-refractivity contribution in [3.8, 4) is 0 Å². The maximum Gasteiger partial charge on any atom is 0.270 e. The van der Waals surface area contributed by atoms with Crippen LogP contribution in [-0.2, 0) is 11.2 Å². The average molecular weight is 483 g/mol. The zero-order chi connectivity index (χ0) is 25.4. The van der Waals surface area contributed by atoms with Gasteiger partial charge in [-0.3, -0.25) is 19.8 Å². The topological polar surface area (TPSA) is 124 Å². The molecule has 0 spiro atoms. The van der Waals surface area contributed by atoms with Crippen LogP contribution in [0.15, 0.2) is 60.9 Å². The van der Waals surface area contributed by atoms with Crippen molar-refractivity contribution in [2.24, 2.45) is 5.92 Å². The number of halogens is 1. The van der Waals surface area contributed by atoms with Crippen LogP contribution in [0.25, 0.3) is 10.9 Å². The van der Waals surface area contributed by atoms with Crippen molar-refractivity contribution in [3.63, 3.8) is 0 Å². The summed E-state index contributed by atoms with van der Waals surface area (Å²) >= 11 is 0. The molecule has 35 heavy (non-hydrogen) atoms. The van der Waals surface area contributed by atoms with E-state index < -0.39 is 35.5 Å². The lowest BCUT2D eigenvalue weighted by Crippen LogP contribution is -2.47. The molecule has 2 aromatic heterocycles. The Kier molecular flexibility index (Phi) is 8.84. The zero-order valence-electron chi connectivity index (χ0n) is 19.8. The number of nitrogens with one attached hydrogen (secondary N) is 2. The van der Waals surface area contributed by atoms with Gasteiger partial charge in [-0.1, -0.05) is 30.3 Å². The van der Waals surface area contributed by atoms with Gasteiger partial charge in [-0.15, -0.1) is 0 Å². The summed E-state index contributed by atoms with van der Waals surface area (Å²) in [7, 11) is 0. The third kappa shape index (κ3) is 7.80. The van der Waals surface area contributed by atoms with Gasteiger partial charge in [0.2, 0.25) is 5.91 Å². The number of aliphatic hydroxyl groups is 1. The number of fused-ring (bicyclic) bond motifs is 1. The number of rotatable bonds is 11. The standard InChI is InChI=1S/C26H31FN4O4/c1-26(2,27)12-10-18(24(33)31-35)15-23(32)22(14-17-6-4-3-5-7-17)30-25(34)21-9-8-19-16-28-13-11-20(19)29-21/h3-9,11,13,16,18,22-23,32,35H,10,12,14-15H2,1-2H3,(H,30,34)(H,31,33). The monoisotopic (exact) mass is 482 g/mol. The number of pyridine rings is 2. The van der Waals surface area contributed by atoms with Crippen molar-refractivity contribution in [1.82, 2.24) is 20.8 Å². The Bertz CT molecular complexity index is 1140. The Balaban J connectivity index is 1.80. The molecular weight excluding hydrogens is 451 g/mol. The van der Waals surface area contributed by atoms with Gasteiger partial charge in [-0.2, -0.15) is 0 Å². The van der Waals surface area contributed by atoms with Gasteiger partial charge in [0.15, 0.2) is 0 Å². The van der Waals surface area contributed by atoms with Crippen LogP contribution in [-0.4, -0.2) is 49.9 Å². The molecule has 186 valence electrons. The van der Waals surface area contributed by atoms with E-state index in [4.69, 9.17) is 5.21 Å². The number of nitrogens with zero attached hydrogens (tertiary/aromatic N) is 2. The lowest BCUT2D eigenvalue weighted by molar-refractivity contribution is -0.135. The first-order valence-corrected chi connectivity index (χ1v) is 11.5. The Morgan fingerprint density at radius 2 is 1.86 bits per heavy atom. The molecule has 8 nitrogen and oxygen atoms in total. The van der Waals surface area contributed by atoms with Crippen LogP contribution in [0.4, 0.5) is 4.39 Å². The highest BCUT2D eigenvalue weighted by Gasteiger charge is 2.30. The van der Waals surface area contributed by atoms with Gasteiger partial charge in [0.25, 0.3) is 5.91 Å². The number of aromatic nitrogens is 2. The number of carbonyl (C=O) groups excluding carboxylic acids is 2. The number of carbonyl (C=O) groups is 2. The minimum absolute atomic E-state index is 0.0723. The van der Waals surface area contributed by atoms with Crippen LogP contribution < -0.4 is 10.8 Å². The van der Waals surface area contributed by atoms with Gasteiger partial charge in [-0.25, -0.2) is 14.9 Å². The molecule has 2 amide bonds. The van der Waals surface area contributed by atoms with E-state index in [0.29, 0.717) is 11.9 Å². The summed E-state index contributed by atoms with van der Waals surface area (Å²) in [5.74, 6) is -2.02. The molecule has 3 aromatic rings. The molecule has 0 aliphatic rings. The quantitative estimate of drug-likeness (QED) is 0.245. The van der Waals surface area contributed by atoms with Crippen LogP contribution in [0.5, 0.6) is 0 Å². The van der Waals surface area contributed by atoms with Crippen LogP contribution >= 0.6 is 0 Å². The normalized spacial score (nSPS) is 14.2. The highest BCUT2D eigenvalue weighted by atomic mass is 19.1. The number of benzene rings is 1. The molecule has 4 N–H and O–H groups in total. The number of alkyl halides is 1. The van der Waals surface area contributed by atoms with E-state index >= 15 is 0 Å². The molecule has 3 rings (SSSR count). The SMILES string of the molecule is CC(C)(F)CCC(CC(O)C(Cc1ccccc1)NC(=O)c1ccc2cnccc2n1)C(=O)NO. The average Bonchev–Trinajstić information content (AvgIpc) is 2.85. The van der Waals surface area contributed by atoms with Gasteiger partial charge in [0.1, 0.15) is 11.4 Å². The van der Waals surface area contributed by atoms with Crippen LogP contribution in [0, 0.1) is 5.92 Å². The van der Waals surface area contributed by atoms with Gasteiger partial charge < -0.3 is 10.4 Å². The minimum atomic E-state index is -1.51. The Labute approximate surface area is 203 Å². The van der Waals surface area contributed by atoms with E-state index in [1.165, 1.54) is 13.8 Å². The van der Waals surface area contributed by atoms with Gasteiger partial charge in [-0.05, 0) is 63.3 Å². The van der Waals surface area contributed by atoms with Crippen molar-refractivity contribution in [1.29, 1.82) is 0 Å². The summed E-state index contributed by atoms with van der Waals surface area (Å²) in [6, 6.07) is 13.6. The summed E-state index contributed by atoms with van der Waals surface area (Å²) in [5.41, 5.74) is 1.77. The zero-order valence-corrected chi connectivity index (χ0v) is 19.8. The van der Waals surface area contributed by atoms with Crippen LogP contribution in [0.3, 0.4) is 0 Å². The molecule has 0 saturated heterocycles. The van der Waals surface area contributed by atoms with Crippen molar-refractivity contribution in [2.75, 3.05) is 0 Å². The molecular formula is C26H31FN4O4. The Hall–Kier alpha value is -3.43. The molecule has 3 atom stereocenters. The van der Waals surface area contributed by atoms with E-state index in [9.17, 15) is 19.1 Å². The molecule has 2 heterocycles. The number of hydroxylamine groups is 1. The van der Waals surface area contributed by atoms with Gasteiger partial charge >= 0.3 is 0 Å². The number of hydrogen-bond donors (Lipinski definition) is 4. The molecule has 0 aliphatic carbocycles. The fourth-order valence-corrected chi connectivity index (χ4v) is 3.91. The Morgan fingerprint density at radius 1 is 1.11 bits per heavy atom. The largest absolute Gasteiger partial charge is 0.391 e. The summed E-state index contributed by atoms with van der Waals surface area (Å²) in [6.45, 7) is 2.81. The molecule has 0 aliphatic heterocycles. The fourth-order valence-electron chi connectivity index (χ4n) is 3.91. The lowest BCUT2D eigenvalue weighted by atomic mass is 9.88. The van der Waals surface area contributed by atoms with Crippen molar-refractivity contribution >= 4 is 22.7 Å². The molecule has 3 unspecified atom stereocenters. The van der Waals surface area contributed by atoms with Crippen LogP contribution in [0.1, 0.15) is 49.2 Å². The molecule has 0 saturated carbocycles. The minimum Gasteiger partial charge on any atom is -0.391 e. The van der Waals surface area contributed by atoms with Crippen LogP contribution in [0.2, 0.25) is 0 Å². The van der Waals surface area contributed by atoms with E-state index in [2.05, 4.69) is 15.3 Å². The lowest BCUT2D eigenvalue weighted by Gasteiger charge is -2.28. The fraction of sp³-hybridized carbons (Fsp3) is 0.385. The van der Waals surface area contributed by atoms with E-state index in [1.54, 1.807) is 36.1 Å². The van der Waals surface area contributed by atoms with Crippen molar-refractivity contribution in [3.05, 3.63) is 72.2 Å². The second kappa shape index (κ2) is 11.8. The maximum absolute atomic E-state index is 14.0. The summed E-state index contributed by atoms with van der Waals surface area (Å²) < 4.78 is 14.0. The number of amides is 2. The molecule has 1 aromatic carbocycles. The first-order chi connectivity index (χ1) is 16.7. The predicted octanol–water partition coefficient (Wildman–Crippen LogP) is 3.37.